The lowest BCUT2D eigenvalue weighted by molar-refractivity contribution is -0.0390. The largest absolute Gasteiger partial charge is 0.575 e. The molecule has 2 rings (SSSR count). The van der Waals surface area contributed by atoms with Gasteiger partial charge < -0.3 is 0 Å². The maximum atomic E-state index is 13.3. The van der Waals surface area contributed by atoms with Crippen LogP contribution in [0, 0.1) is 0 Å². The second kappa shape index (κ2) is 5.85. The molecule has 0 N–H and O–H groups in total. The molecule has 0 bridgehead atoms. The van der Waals surface area contributed by atoms with Gasteiger partial charge in [-0.3, -0.25) is 0 Å². The van der Waals surface area contributed by atoms with Gasteiger partial charge in [0.25, 0.3) is 0 Å². The summed E-state index contributed by atoms with van der Waals surface area (Å²) in [4.78, 5) is 0. The molecule has 0 nitrogen and oxygen atoms in total. The lowest BCUT2D eigenvalue weighted by Gasteiger charge is -2.30. The zero-order valence-corrected chi connectivity index (χ0v) is 11.1. The Morgan fingerprint density at radius 1 is 0.647 bits per heavy atom. The zero-order chi connectivity index (χ0) is 12.3. The monoisotopic (exact) mass is 267 g/mol. The topological polar surface area (TPSA) is 0 Å². The minimum absolute atomic E-state index is 0.0492. The van der Waals surface area contributed by atoms with Gasteiger partial charge in [-0.2, -0.15) is 0 Å². The fraction of sp³-hybridized carbons (Fsp3) is 1.00. The van der Waals surface area contributed by atoms with Gasteiger partial charge in [0.15, 0.2) is 0 Å². The first-order chi connectivity index (χ1) is 8.09. The van der Waals surface area contributed by atoms with Crippen LogP contribution in [0.25, 0.3) is 0 Å². The quantitative estimate of drug-likeness (QED) is 0.631. The maximum absolute atomic E-state index is 13.3. The third-order valence-electron chi connectivity index (χ3n) is 4.09. The van der Waals surface area contributed by atoms with Crippen molar-refractivity contribution in [3.63, 3.8) is 0 Å². The third kappa shape index (κ3) is 3.55. The fourth-order valence-corrected chi connectivity index (χ4v) is 6.27. The highest BCUT2D eigenvalue weighted by molar-refractivity contribution is 7.98. The van der Waals surface area contributed by atoms with Crippen molar-refractivity contribution in [3.8, 4) is 0 Å². The summed E-state index contributed by atoms with van der Waals surface area (Å²) in [7, 11) is -1.31. The third-order valence-corrected chi connectivity index (χ3v) is 7.00. The van der Waals surface area contributed by atoms with Crippen LogP contribution < -0.4 is 0 Å². The molecule has 0 aliphatic heterocycles. The molecule has 0 spiro atoms. The Bertz CT molecular complexity index is 209. The Kier molecular flexibility index (Phi) is 4.67. The van der Waals surface area contributed by atoms with Gasteiger partial charge in [0.2, 0.25) is 0 Å². The highest BCUT2D eigenvalue weighted by atomic mass is 32.2. The smallest absolute Gasteiger partial charge is 0.123 e. The molecule has 0 saturated heterocycles. The molecule has 4 heteroatoms. The van der Waals surface area contributed by atoms with Crippen LogP contribution >= 0.6 is 0 Å². The van der Waals surface area contributed by atoms with E-state index in [2.05, 4.69) is 0 Å². The van der Waals surface area contributed by atoms with Crippen LogP contribution in [0.15, 0.2) is 0 Å². The summed E-state index contributed by atoms with van der Waals surface area (Å²) in [6.07, 6.45) is 9.59. The maximum Gasteiger partial charge on any atom is 0.575 e. The van der Waals surface area contributed by atoms with Gasteiger partial charge in [-0.1, -0.05) is 12.8 Å². The van der Waals surface area contributed by atoms with E-state index in [0.29, 0.717) is 0 Å². The first-order valence-corrected chi connectivity index (χ1v) is 8.23. The van der Waals surface area contributed by atoms with Crippen molar-refractivity contribution in [2.75, 3.05) is 0 Å². The average Bonchev–Trinajstić information content (AvgIpc) is 2.30. The summed E-state index contributed by atoms with van der Waals surface area (Å²) < 4.78 is 39.9. The van der Waals surface area contributed by atoms with Gasteiger partial charge in [-0.05, 0) is 51.4 Å². The van der Waals surface area contributed by atoms with Gasteiger partial charge in [0.1, 0.15) is 21.4 Å². The minimum Gasteiger partial charge on any atom is -0.123 e. The molecule has 0 aromatic rings. The van der Waals surface area contributed by atoms with Gasteiger partial charge in [-0.15, -0.1) is 13.2 Å². The van der Waals surface area contributed by atoms with Gasteiger partial charge >= 0.3 is 5.51 Å². The highest BCUT2D eigenvalue weighted by Gasteiger charge is 2.59. The molecule has 2 aliphatic rings. The van der Waals surface area contributed by atoms with E-state index in [9.17, 15) is 13.2 Å². The van der Waals surface area contributed by atoms with Crippen molar-refractivity contribution in [1.82, 2.24) is 0 Å². The van der Waals surface area contributed by atoms with E-state index in [1.54, 1.807) is 0 Å². The van der Waals surface area contributed by atoms with Crippen LogP contribution in [0.5, 0.6) is 0 Å². The van der Waals surface area contributed by atoms with Crippen LogP contribution in [0.1, 0.15) is 64.2 Å². The summed E-state index contributed by atoms with van der Waals surface area (Å²) in [5.74, 6) is 0. The van der Waals surface area contributed by atoms with Gasteiger partial charge in [0.05, 0.1) is 0 Å². The summed E-state index contributed by atoms with van der Waals surface area (Å²) >= 11 is 0. The predicted molar refractivity (Wildman–Crippen MR) is 67.2 cm³/mol. The zero-order valence-electron chi connectivity index (χ0n) is 10.3. The van der Waals surface area contributed by atoms with Crippen molar-refractivity contribution in [2.24, 2.45) is 0 Å². The Labute approximate surface area is 105 Å². The molecular formula is C13H22F3S+. The average molecular weight is 267 g/mol. The molecule has 2 fully saturated rings. The summed E-state index contributed by atoms with van der Waals surface area (Å²) in [6.45, 7) is 0. The number of hydrogen-bond donors (Lipinski definition) is 0. The highest BCUT2D eigenvalue weighted by Crippen LogP contribution is 2.42. The number of hydrogen-bond acceptors (Lipinski definition) is 0. The van der Waals surface area contributed by atoms with E-state index < -0.39 is 16.4 Å². The van der Waals surface area contributed by atoms with Crippen LogP contribution in [-0.4, -0.2) is 16.0 Å². The fourth-order valence-electron chi connectivity index (χ4n) is 3.29. The Morgan fingerprint density at radius 3 is 1.29 bits per heavy atom. The lowest BCUT2D eigenvalue weighted by Crippen LogP contribution is -2.44. The first kappa shape index (κ1) is 13.6. The Hall–Kier alpha value is 0.140. The minimum atomic E-state index is -3.94. The molecular weight excluding hydrogens is 245 g/mol. The van der Waals surface area contributed by atoms with Gasteiger partial charge in [-0.25, -0.2) is 0 Å². The number of rotatable bonds is 2. The van der Waals surface area contributed by atoms with Crippen LogP contribution in [0.2, 0.25) is 0 Å². The first-order valence-electron chi connectivity index (χ1n) is 6.88. The van der Waals surface area contributed by atoms with Crippen molar-refractivity contribution in [2.45, 2.75) is 80.2 Å². The van der Waals surface area contributed by atoms with Crippen LogP contribution in [0.3, 0.4) is 0 Å². The second-order valence-electron chi connectivity index (χ2n) is 5.34. The molecule has 0 atom stereocenters. The SMILES string of the molecule is FC(F)(F)[S+](C1CCCCC1)C1CCCCC1. The van der Waals surface area contributed by atoms with Gasteiger partial charge in [0, 0.05) is 0 Å². The molecule has 0 heterocycles. The number of alkyl halides is 3. The summed E-state index contributed by atoms with van der Waals surface area (Å²) in [5.41, 5.74) is -3.94. The number of halogens is 3. The molecule has 0 unspecified atom stereocenters. The lowest BCUT2D eigenvalue weighted by atomic mass is 10.00. The van der Waals surface area contributed by atoms with E-state index in [1.807, 2.05) is 0 Å². The second-order valence-corrected chi connectivity index (χ2v) is 7.88. The van der Waals surface area contributed by atoms with E-state index >= 15 is 0 Å². The molecule has 17 heavy (non-hydrogen) atoms. The van der Waals surface area contributed by atoms with Crippen LogP contribution in [-0.2, 0) is 10.9 Å². The predicted octanol–water partition coefficient (Wildman–Crippen LogP) is 4.79. The van der Waals surface area contributed by atoms with Crippen molar-refractivity contribution in [1.29, 1.82) is 0 Å². The molecule has 0 radical (unpaired) electrons. The molecule has 0 aromatic heterocycles. The van der Waals surface area contributed by atoms with Crippen LogP contribution in [0.4, 0.5) is 13.2 Å². The van der Waals surface area contributed by atoms with Crippen molar-refractivity contribution in [3.05, 3.63) is 0 Å². The molecule has 0 aromatic carbocycles. The van der Waals surface area contributed by atoms with E-state index in [1.165, 1.54) is 0 Å². The normalized spacial score (nSPS) is 25.4. The Morgan fingerprint density at radius 2 is 1.00 bits per heavy atom. The summed E-state index contributed by atoms with van der Waals surface area (Å²) in [6, 6.07) is 0. The molecule has 2 saturated carbocycles. The molecule has 2 aliphatic carbocycles. The van der Waals surface area contributed by atoms with Crippen molar-refractivity contribution < 1.29 is 13.2 Å². The molecule has 0 amide bonds. The van der Waals surface area contributed by atoms with E-state index in [0.717, 1.165) is 64.2 Å². The summed E-state index contributed by atoms with van der Waals surface area (Å²) in [5, 5.41) is -0.0984. The van der Waals surface area contributed by atoms with Crippen molar-refractivity contribution >= 4 is 10.9 Å². The van der Waals surface area contributed by atoms with E-state index in [-0.39, 0.29) is 10.5 Å². The molecule has 100 valence electrons. The Balaban J connectivity index is 2.06. The van der Waals surface area contributed by atoms with E-state index in [4.69, 9.17) is 0 Å². The standard InChI is InChI=1S/C13H22F3S/c14-13(15,16)17(11-7-3-1-4-8-11)12-9-5-2-6-10-12/h11-12H,1-10H2/q+1.